The topological polar surface area (TPSA) is 9.23 Å². The summed E-state index contributed by atoms with van der Waals surface area (Å²) in [5, 5.41) is 0. The van der Waals surface area contributed by atoms with Gasteiger partial charge < -0.3 is 4.74 Å². The van der Waals surface area contributed by atoms with Gasteiger partial charge in [-0.15, -0.1) is 0 Å². The molecule has 0 radical (unpaired) electrons. The zero-order valence-corrected chi connectivity index (χ0v) is 14.8. The summed E-state index contributed by atoms with van der Waals surface area (Å²) < 4.78 is 5.29. The van der Waals surface area contributed by atoms with Crippen molar-refractivity contribution < 1.29 is 4.74 Å². The van der Waals surface area contributed by atoms with E-state index < -0.39 is 0 Å². The van der Waals surface area contributed by atoms with Crippen LogP contribution in [0.3, 0.4) is 0 Å². The standard InChI is InChI=1S/C22H32O/c1-3-4-5-6-17-7-8-21-16-20(10-9-19(21)15-17)18-11-13-22(23-2)14-12-18/h3-4,11-14,17,19-21H,5-10,15-16H2,1-2H3. The van der Waals surface area contributed by atoms with Crippen molar-refractivity contribution in [3.05, 3.63) is 42.0 Å². The highest BCUT2D eigenvalue weighted by molar-refractivity contribution is 5.29. The van der Waals surface area contributed by atoms with Crippen LogP contribution in [0.1, 0.15) is 69.8 Å². The molecule has 0 amide bonds. The largest absolute Gasteiger partial charge is 0.497 e. The molecule has 0 spiro atoms. The molecule has 23 heavy (non-hydrogen) atoms. The zero-order chi connectivity index (χ0) is 16.1. The van der Waals surface area contributed by atoms with E-state index in [0.29, 0.717) is 0 Å². The van der Waals surface area contributed by atoms with E-state index in [1.54, 1.807) is 7.11 Å². The number of allylic oxidation sites excluding steroid dienone is 2. The molecule has 1 nitrogen and oxygen atoms in total. The van der Waals surface area contributed by atoms with E-state index in [-0.39, 0.29) is 0 Å². The second-order valence-corrected chi connectivity index (χ2v) is 7.63. The van der Waals surface area contributed by atoms with Crippen LogP contribution in [0.4, 0.5) is 0 Å². The van der Waals surface area contributed by atoms with Gasteiger partial charge in [-0.05, 0) is 93.2 Å². The van der Waals surface area contributed by atoms with Gasteiger partial charge in [0.05, 0.1) is 7.11 Å². The number of rotatable bonds is 5. The molecular formula is C22H32O. The molecule has 0 N–H and O–H groups in total. The Bertz CT molecular complexity index is 501. The highest BCUT2D eigenvalue weighted by Crippen LogP contribution is 2.48. The first-order valence-corrected chi connectivity index (χ1v) is 9.55. The van der Waals surface area contributed by atoms with Crippen molar-refractivity contribution in [3.8, 4) is 5.75 Å². The molecule has 0 aromatic heterocycles. The van der Waals surface area contributed by atoms with Gasteiger partial charge in [-0.25, -0.2) is 0 Å². The van der Waals surface area contributed by atoms with Gasteiger partial charge in [0.1, 0.15) is 5.75 Å². The molecule has 0 bridgehead atoms. The maximum absolute atomic E-state index is 5.29. The zero-order valence-electron chi connectivity index (χ0n) is 14.8. The molecule has 1 aromatic rings. The Labute approximate surface area is 142 Å². The fraction of sp³-hybridized carbons (Fsp3) is 0.636. The summed E-state index contributed by atoms with van der Waals surface area (Å²) in [6.07, 6.45) is 15.9. The predicted molar refractivity (Wildman–Crippen MR) is 98.0 cm³/mol. The molecule has 2 aliphatic rings. The second-order valence-electron chi connectivity index (χ2n) is 7.63. The third-order valence-electron chi connectivity index (χ3n) is 6.29. The predicted octanol–water partition coefficient (Wildman–Crippen LogP) is 6.35. The van der Waals surface area contributed by atoms with E-state index >= 15 is 0 Å². The summed E-state index contributed by atoms with van der Waals surface area (Å²) in [5.41, 5.74) is 1.53. The minimum absolute atomic E-state index is 0.779. The summed E-state index contributed by atoms with van der Waals surface area (Å²) in [6.45, 7) is 2.14. The molecule has 4 atom stereocenters. The Kier molecular flexibility index (Phi) is 5.80. The Morgan fingerprint density at radius 1 is 1.00 bits per heavy atom. The lowest BCUT2D eigenvalue weighted by Gasteiger charge is -2.42. The summed E-state index contributed by atoms with van der Waals surface area (Å²) in [4.78, 5) is 0. The summed E-state index contributed by atoms with van der Waals surface area (Å²) in [5.74, 6) is 4.73. The molecule has 1 aromatic carbocycles. The fourth-order valence-electron chi connectivity index (χ4n) is 4.93. The first-order chi connectivity index (χ1) is 11.3. The lowest BCUT2D eigenvalue weighted by Crippen LogP contribution is -2.30. The molecular weight excluding hydrogens is 280 g/mol. The average molecular weight is 312 g/mol. The smallest absolute Gasteiger partial charge is 0.118 e. The van der Waals surface area contributed by atoms with Gasteiger partial charge in [0.15, 0.2) is 0 Å². The van der Waals surface area contributed by atoms with E-state index in [1.165, 1.54) is 56.9 Å². The van der Waals surface area contributed by atoms with Crippen LogP contribution in [0.5, 0.6) is 5.75 Å². The van der Waals surface area contributed by atoms with Crippen LogP contribution >= 0.6 is 0 Å². The van der Waals surface area contributed by atoms with Crippen LogP contribution in [0.25, 0.3) is 0 Å². The van der Waals surface area contributed by atoms with Crippen LogP contribution in [0.15, 0.2) is 36.4 Å². The molecule has 1 heteroatoms. The van der Waals surface area contributed by atoms with E-state index in [0.717, 1.165) is 29.4 Å². The van der Waals surface area contributed by atoms with E-state index in [1.807, 2.05) is 0 Å². The van der Waals surface area contributed by atoms with E-state index in [4.69, 9.17) is 4.74 Å². The van der Waals surface area contributed by atoms with Crippen LogP contribution in [0.2, 0.25) is 0 Å². The van der Waals surface area contributed by atoms with Gasteiger partial charge in [-0.1, -0.05) is 30.7 Å². The number of benzene rings is 1. The maximum atomic E-state index is 5.29. The molecule has 126 valence electrons. The van der Waals surface area contributed by atoms with Crippen LogP contribution in [-0.4, -0.2) is 7.11 Å². The van der Waals surface area contributed by atoms with Crippen molar-refractivity contribution in [1.82, 2.24) is 0 Å². The molecule has 0 heterocycles. The minimum atomic E-state index is 0.779. The summed E-state index contributed by atoms with van der Waals surface area (Å²) in [7, 11) is 1.75. The SMILES string of the molecule is CC=CCCC1CCC2CC(c3ccc(OC)cc3)CCC2C1. The summed E-state index contributed by atoms with van der Waals surface area (Å²) in [6, 6.07) is 8.82. The monoisotopic (exact) mass is 312 g/mol. The second kappa shape index (κ2) is 8.04. The van der Waals surface area contributed by atoms with Crippen molar-refractivity contribution in [2.75, 3.05) is 7.11 Å². The lowest BCUT2D eigenvalue weighted by atomic mass is 9.63. The third kappa shape index (κ3) is 4.19. The van der Waals surface area contributed by atoms with Gasteiger partial charge in [-0.3, -0.25) is 0 Å². The van der Waals surface area contributed by atoms with Gasteiger partial charge >= 0.3 is 0 Å². The Balaban J connectivity index is 1.53. The normalized spacial score (nSPS) is 31.0. The molecule has 0 saturated heterocycles. The fourth-order valence-corrected chi connectivity index (χ4v) is 4.93. The lowest BCUT2D eigenvalue weighted by molar-refractivity contribution is 0.115. The number of methoxy groups -OCH3 is 1. The highest BCUT2D eigenvalue weighted by atomic mass is 16.5. The average Bonchev–Trinajstić information content (AvgIpc) is 2.61. The number of ether oxygens (including phenoxy) is 1. The molecule has 2 aliphatic carbocycles. The minimum Gasteiger partial charge on any atom is -0.497 e. The number of hydrogen-bond acceptors (Lipinski definition) is 1. The molecule has 0 aliphatic heterocycles. The van der Waals surface area contributed by atoms with E-state index in [2.05, 4.69) is 43.3 Å². The van der Waals surface area contributed by atoms with Crippen LogP contribution in [0, 0.1) is 17.8 Å². The van der Waals surface area contributed by atoms with Gasteiger partial charge in [0.25, 0.3) is 0 Å². The Morgan fingerprint density at radius 3 is 2.48 bits per heavy atom. The third-order valence-corrected chi connectivity index (χ3v) is 6.29. The van der Waals surface area contributed by atoms with E-state index in [9.17, 15) is 0 Å². The Hall–Kier alpha value is -1.24. The van der Waals surface area contributed by atoms with Crippen molar-refractivity contribution in [2.24, 2.45) is 17.8 Å². The number of hydrogen-bond donors (Lipinski definition) is 0. The first-order valence-electron chi connectivity index (χ1n) is 9.55. The van der Waals surface area contributed by atoms with Crippen LogP contribution < -0.4 is 4.74 Å². The van der Waals surface area contributed by atoms with Gasteiger partial charge in [-0.2, -0.15) is 0 Å². The van der Waals surface area contributed by atoms with Crippen LogP contribution in [-0.2, 0) is 0 Å². The van der Waals surface area contributed by atoms with Crippen molar-refractivity contribution >= 4 is 0 Å². The van der Waals surface area contributed by atoms with Crippen molar-refractivity contribution in [2.45, 2.75) is 64.2 Å². The first kappa shape index (κ1) is 16.6. The highest BCUT2D eigenvalue weighted by Gasteiger charge is 2.35. The molecule has 3 rings (SSSR count). The van der Waals surface area contributed by atoms with Crippen molar-refractivity contribution in [1.29, 1.82) is 0 Å². The molecule has 2 fully saturated rings. The molecule has 2 saturated carbocycles. The maximum Gasteiger partial charge on any atom is 0.118 e. The quantitative estimate of drug-likeness (QED) is 0.575. The van der Waals surface area contributed by atoms with Gasteiger partial charge in [0, 0.05) is 0 Å². The molecule has 4 unspecified atom stereocenters. The number of fused-ring (bicyclic) bond motifs is 1. The summed E-state index contributed by atoms with van der Waals surface area (Å²) >= 11 is 0. The Morgan fingerprint density at radius 2 is 1.74 bits per heavy atom. The van der Waals surface area contributed by atoms with Crippen molar-refractivity contribution in [3.63, 3.8) is 0 Å². The van der Waals surface area contributed by atoms with Gasteiger partial charge in [0.2, 0.25) is 0 Å².